The molecular weight excluding hydrogens is 200 g/mol. The van der Waals surface area contributed by atoms with Gasteiger partial charge in [0, 0.05) is 29.6 Å². The Bertz CT molecular complexity index is 258. The maximum Gasteiger partial charge on any atom is 0.234 e. The molecule has 0 N–H and O–H groups in total. The lowest BCUT2D eigenvalue weighted by Crippen LogP contribution is -2.33. The van der Waals surface area contributed by atoms with Crippen LogP contribution in [0.5, 0.6) is 0 Å². The lowest BCUT2D eigenvalue weighted by molar-refractivity contribution is -0.127. The fraction of sp³-hybridized carbons (Fsp3) is 0.778. The molecule has 0 bridgehead atoms. The zero-order chi connectivity index (χ0) is 11.1. The van der Waals surface area contributed by atoms with Gasteiger partial charge < -0.3 is 4.90 Å². The minimum atomic E-state index is -1.10. The third-order valence-corrected chi connectivity index (χ3v) is 3.36. The zero-order valence-electron chi connectivity index (χ0n) is 8.82. The van der Waals surface area contributed by atoms with Crippen LogP contribution in [-0.4, -0.2) is 39.6 Å². The average molecular weight is 216 g/mol. The smallest absolute Gasteiger partial charge is 0.234 e. The summed E-state index contributed by atoms with van der Waals surface area (Å²) in [6.45, 7) is 4.04. The van der Waals surface area contributed by atoms with Gasteiger partial charge in [0.2, 0.25) is 5.91 Å². The standard InChI is InChI=1S/C9H16N2O2S/c1-8(2)14(13)7-9(12)11(3)6-4-5-10/h8H,4,6-7H2,1-3H3. The second-order valence-electron chi connectivity index (χ2n) is 3.30. The van der Waals surface area contributed by atoms with Crippen LogP contribution < -0.4 is 0 Å². The Hall–Kier alpha value is -0.890. The topological polar surface area (TPSA) is 61.2 Å². The van der Waals surface area contributed by atoms with Crippen LogP contribution in [0.2, 0.25) is 0 Å². The highest BCUT2D eigenvalue weighted by molar-refractivity contribution is 7.86. The molecule has 0 aromatic carbocycles. The number of rotatable bonds is 5. The normalized spacial score (nSPS) is 12.2. The summed E-state index contributed by atoms with van der Waals surface area (Å²) >= 11 is 0. The summed E-state index contributed by atoms with van der Waals surface area (Å²) in [5.74, 6) is -0.105. The number of carbonyl (C=O) groups excluding carboxylic acids is 1. The maximum absolute atomic E-state index is 11.4. The van der Waals surface area contributed by atoms with Crippen molar-refractivity contribution in [2.75, 3.05) is 19.3 Å². The number of carbonyl (C=O) groups is 1. The van der Waals surface area contributed by atoms with E-state index in [2.05, 4.69) is 0 Å². The molecule has 1 amide bonds. The lowest BCUT2D eigenvalue weighted by Gasteiger charge is -2.15. The minimum Gasteiger partial charge on any atom is -0.344 e. The first-order valence-corrected chi connectivity index (χ1v) is 5.85. The lowest BCUT2D eigenvalue weighted by atomic mass is 10.4. The second kappa shape index (κ2) is 6.55. The Morgan fingerprint density at radius 1 is 1.57 bits per heavy atom. The molecule has 80 valence electrons. The van der Waals surface area contributed by atoms with Crippen LogP contribution >= 0.6 is 0 Å². The molecular formula is C9H16N2O2S. The monoisotopic (exact) mass is 216 g/mol. The van der Waals surface area contributed by atoms with Gasteiger partial charge >= 0.3 is 0 Å². The first-order chi connectivity index (χ1) is 6.49. The molecule has 0 saturated carbocycles. The largest absolute Gasteiger partial charge is 0.344 e. The van der Waals surface area contributed by atoms with E-state index in [9.17, 15) is 9.00 Å². The van der Waals surface area contributed by atoms with Crippen LogP contribution in [0.1, 0.15) is 20.3 Å². The number of hydrogen-bond acceptors (Lipinski definition) is 3. The van der Waals surface area contributed by atoms with Crippen LogP contribution in [0.15, 0.2) is 0 Å². The third kappa shape index (κ3) is 4.97. The van der Waals surface area contributed by atoms with E-state index in [1.807, 2.05) is 19.9 Å². The number of amides is 1. The zero-order valence-corrected chi connectivity index (χ0v) is 9.63. The summed E-state index contributed by atoms with van der Waals surface area (Å²) in [7, 11) is 0.520. The first kappa shape index (κ1) is 13.1. The van der Waals surface area contributed by atoms with Gasteiger partial charge in [0.15, 0.2) is 0 Å². The van der Waals surface area contributed by atoms with E-state index in [0.717, 1.165) is 0 Å². The van der Waals surface area contributed by atoms with Crippen molar-refractivity contribution >= 4 is 16.7 Å². The van der Waals surface area contributed by atoms with Gasteiger partial charge in [-0.1, -0.05) is 13.8 Å². The highest BCUT2D eigenvalue weighted by Gasteiger charge is 2.14. The Balaban J connectivity index is 3.96. The highest BCUT2D eigenvalue weighted by Crippen LogP contribution is 1.97. The average Bonchev–Trinajstić information content (AvgIpc) is 2.13. The number of nitrogens with zero attached hydrogens (tertiary/aromatic N) is 2. The first-order valence-electron chi connectivity index (χ1n) is 4.47. The molecule has 0 aromatic heterocycles. The molecule has 0 aliphatic rings. The second-order valence-corrected chi connectivity index (χ2v) is 5.29. The van der Waals surface area contributed by atoms with Gasteiger partial charge in [0.1, 0.15) is 5.75 Å². The molecule has 4 nitrogen and oxygen atoms in total. The van der Waals surface area contributed by atoms with E-state index < -0.39 is 10.8 Å². The molecule has 0 aliphatic carbocycles. The molecule has 0 spiro atoms. The predicted molar refractivity (Wildman–Crippen MR) is 56.0 cm³/mol. The predicted octanol–water partition coefficient (Wildman–Crippen LogP) is 0.516. The fourth-order valence-electron chi connectivity index (χ4n) is 0.741. The molecule has 5 heteroatoms. The van der Waals surface area contributed by atoms with E-state index in [1.165, 1.54) is 4.90 Å². The SMILES string of the molecule is CC(C)S(=O)CC(=O)N(C)CCC#N. The van der Waals surface area contributed by atoms with Gasteiger partial charge in [0.05, 0.1) is 12.5 Å². The molecule has 0 saturated heterocycles. The summed E-state index contributed by atoms with van der Waals surface area (Å²) in [4.78, 5) is 12.8. The van der Waals surface area contributed by atoms with E-state index in [0.29, 0.717) is 13.0 Å². The highest BCUT2D eigenvalue weighted by atomic mass is 32.2. The van der Waals surface area contributed by atoms with Crippen molar-refractivity contribution in [3.8, 4) is 6.07 Å². The van der Waals surface area contributed by atoms with E-state index in [-0.39, 0.29) is 16.9 Å². The van der Waals surface area contributed by atoms with Crippen molar-refractivity contribution in [1.29, 1.82) is 5.26 Å². The molecule has 0 aromatic rings. The van der Waals surface area contributed by atoms with Crippen LogP contribution in [0.25, 0.3) is 0 Å². The van der Waals surface area contributed by atoms with Crippen LogP contribution in [-0.2, 0) is 15.6 Å². The Kier molecular flexibility index (Phi) is 6.13. The van der Waals surface area contributed by atoms with Crippen molar-refractivity contribution in [1.82, 2.24) is 4.90 Å². The maximum atomic E-state index is 11.4. The molecule has 0 heterocycles. The Morgan fingerprint density at radius 2 is 2.14 bits per heavy atom. The molecule has 1 unspecified atom stereocenters. The van der Waals surface area contributed by atoms with E-state index in [1.54, 1.807) is 7.05 Å². The Labute approximate surface area is 87.3 Å². The van der Waals surface area contributed by atoms with Crippen molar-refractivity contribution in [2.45, 2.75) is 25.5 Å². The van der Waals surface area contributed by atoms with Crippen LogP contribution in [0.3, 0.4) is 0 Å². The van der Waals surface area contributed by atoms with Gasteiger partial charge in [-0.05, 0) is 0 Å². The molecule has 0 fully saturated rings. The van der Waals surface area contributed by atoms with Crippen LogP contribution in [0, 0.1) is 11.3 Å². The quantitative estimate of drug-likeness (QED) is 0.673. The van der Waals surface area contributed by atoms with Gasteiger partial charge in [-0.15, -0.1) is 0 Å². The number of nitriles is 1. The molecule has 0 aliphatic heterocycles. The van der Waals surface area contributed by atoms with Crippen LogP contribution in [0.4, 0.5) is 0 Å². The van der Waals surface area contributed by atoms with Gasteiger partial charge in [0.25, 0.3) is 0 Å². The summed E-state index contributed by atoms with van der Waals surface area (Å²) < 4.78 is 11.3. The summed E-state index contributed by atoms with van der Waals surface area (Å²) in [5.41, 5.74) is 0. The van der Waals surface area contributed by atoms with Gasteiger partial charge in [-0.3, -0.25) is 9.00 Å². The molecule has 0 radical (unpaired) electrons. The molecule has 1 atom stereocenters. The fourth-order valence-corrected chi connectivity index (χ4v) is 1.54. The van der Waals surface area contributed by atoms with E-state index >= 15 is 0 Å². The molecule has 14 heavy (non-hydrogen) atoms. The van der Waals surface area contributed by atoms with Gasteiger partial charge in [-0.2, -0.15) is 5.26 Å². The van der Waals surface area contributed by atoms with Gasteiger partial charge in [-0.25, -0.2) is 0 Å². The summed E-state index contributed by atoms with van der Waals surface area (Å²) in [6.07, 6.45) is 0.316. The summed E-state index contributed by atoms with van der Waals surface area (Å²) in [6, 6.07) is 1.96. The van der Waals surface area contributed by atoms with Crippen molar-refractivity contribution in [3.05, 3.63) is 0 Å². The van der Waals surface area contributed by atoms with Crippen molar-refractivity contribution in [2.24, 2.45) is 0 Å². The van der Waals surface area contributed by atoms with Crippen molar-refractivity contribution < 1.29 is 9.00 Å². The molecule has 0 rings (SSSR count). The van der Waals surface area contributed by atoms with Crippen molar-refractivity contribution in [3.63, 3.8) is 0 Å². The number of hydrogen-bond donors (Lipinski definition) is 0. The summed E-state index contributed by atoms with van der Waals surface area (Å²) in [5, 5.41) is 8.32. The minimum absolute atomic E-state index is 0.00307. The Morgan fingerprint density at radius 3 is 2.57 bits per heavy atom. The third-order valence-electron chi connectivity index (χ3n) is 1.78. The van der Waals surface area contributed by atoms with E-state index in [4.69, 9.17) is 5.26 Å².